The lowest BCUT2D eigenvalue weighted by Crippen LogP contribution is -2.38. The second-order valence-corrected chi connectivity index (χ2v) is 20.4. The molecule has 0 saturated heterocycles. The average molecular weight is 1030 g/mol. The van der Waals surface area contributed by atoms with E-state index in [4.69, 9.17) is 15.1 Å². The number of carbonyl (C=O) groups is 2. The molecular weight excluding hydrogens is 975 g/mol. The van der Waals surface area contributed by atoms with Crippen molar-refractivity contribution in [2.75, 3.05) is 13.1 Å². The summed E-state index contributed by atoms with van der Waals surface area (Å²) in [4.78, 5) is 48.8. The minimum absolute atomic E-state index is 0.0860. The lowest BCUT2D eigenvalue weighted by atomic mass is 9.77. The van der Waals surface area contributed by atoms with E-state index in [1.54, 1.807) is 24.8 Å². The maximum absolute atomic E-state index is 13.5. The van der Waals surface area contributed by atoms with Crippen LogP contribution in [0.2, 0.25) is 0 Å². The van der Waals surface area contributed by atoms with E-state index in [0.717, 1.165) is 78.2 Å². The molecule has 0 saturated carbocycles. The topological polar surface area (TPSA) is 139 Å². The van der Waals surface area contributed by atoms with Crippen molar-refractivity contribution in [3.8, 4) is 11.3 Å². The van der Waals surface area contributed by atoms with E-state index >= 15 is 0 Å². The standard InChI is InChI=1S/C43H35N5O.C25H22N4O/c1-30(31-14-6-2-7-15-31)29-45-42(49)39-26-33-27-40-37(28-38(33)46-39)41(32-22-24-44-25-23-32)47-48(40)43(34-16-8-3-9-17-34,35-18-10-4-11-19-35)36-20-12-5-13-21-36;1-16(17-5-3-2-4-6-17)14-28-25(30)23-12-19-11-20-15-27-24(18-7-9-26-10-8-18)21(20)13-22(19)29-23/h2-25,27-28,30H,26,29H2,1H3,(H,45,49);2-11,13,16H,12,14-15H2,1H3,(H,28,30)/t30-;16-/m00/s1. The molecule has 0 radical (unpaired) electrons. The van der Waals surface area contributed by atoms with E-state index in [9.17, 15) is 9.59 Å². The lowest BCUT2D eigenvalue weighted by molar-refractivity contribution is -0.115. The number of carbonyl (C=O) groups excluding carboxylic acids is 2. The van der Waals surface area contributed by atoms with E-state index in [1.165, 1.54) is 16.7 Å². The van der Waals surface area contributed by atoms with Crippen LogP contribution in [0.3, 0.4) is 0 Å². The summed E-state index contributed by atoms with van der Waals surface area (Å²) in [7, 11) is 0. The van der Waals surface area contributed by atoms with E-state index < -0.39 is 5.54 Å². The molecule has 11 heteroatoms. The summed E-state index contributed by atoms with van der Waals surface area (Å²) in [5.41, 5.74) is 16.8. The number of pyridine rings is 2. The Morgan fingerprint density at radius 1 is 0.519 bits per heavy atom. The molecule has 3 aliphatic rings. The third-order valence-corrected chi connectivity index (χ3v) is 15.3. The Balaban J connectivity index is 0.000000177. The SMILES string of the molecule is C[C@@H](CNC(=O)C1=Nc2cc3c(-c4ccncc4)nn(C(c4ccccc4)(c4ccccc4)c4ccccc4)c3cc2C1)c1ccccc1.C[C@@H](CNC(=O)C1=Nc2cc3c(cc2C1)CN=C3c1ccncc1)c1ccccc1. The second kappa shape index (κ2) is 22.1. The fourth-order valence-electron chi connectivity index (χ4n) is 11.1. The summed E-state index contributed by atoms with van der Waals surface area (Å²) in [6.07, 6.45) is 8.16. The van der Waals surface area contributed by atoms with Gasteiger partial charge in [0, 0.05) is 72.8 Å². The average Bonchev–Trinajstić information content (AvgIpc) is 4.53. The third kappa shape index (κ3) is 9.98. The second-order valence-electron chi connectivity index (χ2n) is 20.4. The highest BCUT2D eigenvalue weighted by Crippen LogP contribution is 2.46. The molecule has 13 rings (SSSR count). The fraction of sp³-hybridized carbons (Fsp3) is 0.147. The van der Waals surface area contributed by atoms with Crippen LogP contribution in [0.1, 0.15) is 81.3 Å². The van der Waals surface area contributed by atoms with E-state index in [1.807, 2.05) is 78.9 Å². The number of hydrogen-bond acceptors (Lipinski definition) is 8. The van der Waals surface area contributed by atoms with Crippen molar-refractivity contribution in [3.63, 3.8) is 0 Å². The van der Waals surface area contributed by atoms with Gasteiger partial charge in [0.2, 0.25) is 0 Å². The van der Waals surface area contributed by atoms with Crippen LogP contribution in [0, 0.1) is 0 Å². The summed E-state index contributed by atoms with van der Waals surface area (Å²) in [6, 6.07) is 68.6. The minimum Gasteiger partial charge on any atom is -0.350 e. The van der Waals surface area contributed by atoms with Crippen LogP contribution in [-0.4, -0.2) is 61.8 Å². The summed E-state index contributed by atoms with van der Waals surface area (Å²) >= 11 is 0. The molecule has 79 heavy (non-hydrogen) atoms. The van der Waals surface area contributed by atoms with Gasteiger partial charge < -0.3 is 10.6 Å². The largest absolute Gasteiger partial charge is 0.350 e. The number of amides is 2. The van der Waals surface area contributed by atoms with Gasteiger partial charge in [-0.05, 0) is 98.8 Å². The first-order valence-electron chi connectivity index (χ1n) is 26.9. The predicted molar refractivity (Wildman–Crippen MR) is 315 cm³/mol. The highest BCUT2D eigenvalue weighted by Gasteiger charge is 2.41. The smallest absolute Gasteiger partial charge is 0.266 e. The number of benzene rings is 7. The first kappa shape index (κ1) is 50.1. The summed E-state index contributed by atoms with van der Waals surface area (Å²) in [5.74, 6) is 0.221. The molecule has 0 aliphatic carbocycles. The van der Waals surface area contributed by atoms with Crippen molar-refractivity contribution in [2.45, 2.75) is 50.6 Å². The number of hydrogen-bond donors (Lipinski definition) is 2. The van der Waals surface area contributed by atoms with Crippen LogP contribution >= 0.6 is 0 Å². The van der Waals surface area contributed by atoms with E-state index in [0.29, 0.717) is 43.9 Å². The van der Waals surface area contributed by atoms with Crippen molar-refractivity contribution >= 4 is 51.2 Å². The molecule has 3 aliphatic heterocycles. The quantitative estimate of drug-likeness (QED) is 0.104. The Morgan fingerprint density at radius 3 is 1.46 bits per heavy atom. The van der Waals surface area contributed by atoms with Crippen molar-refractivity contribution < 1.29 is 9.59 Å². The van der Waals surface area contributed by atoms with Crippen LogP contribution in [0.4, 0.5) is 11.4 Å². The molecule has 7 aromatic carbocycles. The van der Waals surface area contributed by atoms with Crippen molar-refractivity contribution in [2.24, 2.45) is 15.0 Å². The van der Waals surface area contributed by atoms with Gasteiger partial charge in [-0.3, -0.25) is 24.5 Å². The van der Waals surface area contributed by atoms with Crippen molar-refractivity contribution in [1.82, 2.24) is 30.4 Å². The third-order valence-electron chi connectivity index (χ3n) is 15.3. The van der Waals surface area contributed by atoms with Gasteiger partial charge in [0.25, 0.3) is 11.8 Å². The summed E-state index contributed by atoms with van der Waals surface area (Å²) < 4.78 is 2.18. The van der Waals surface area contributed by atoms with Gasteiger partial charge in [0.1, 0.15) is 22.7 Å². The first-order chi connectivity index (χ1) is 38.8. The molecular formula is C68H57N9O2. The van der Waals surface area contributed by atoms with Gasteiger partial charge in [-0.1, -0.05) is 172 Å². The number of nitrogens with zero attached hydrogens (tertiary/aromatic N) is 7. The molecule has 3 aromatic heterocycles. The van der Waals surface area contributed by atoms with E-state index in [-0.39, 0.29) is 23.7 Å². The van der Waals surface area contributed by atoms with Crippen molar-refractivity contribution in [1.29, 1.82) is 0 Å². The summed E-state index contributed by atoms with van der Waals surface area (Å²) in [5, 5.41) is 12.6. The number of aliphatic imine (C=N–C) groups is 3. The van der Waals surface area contributed by atoms with Crippen LogP contribution in [0.25, 0.3) is 22.2 Å². The highest BCUT2D eigenvalue weighted by molar-refractivity contribution is 6.41. The Kier molecular flexibility index (Phi) is 14.0. The molecule has 2 N–H and O–H groups in total. The predicted octanol–water partition coefficient (Wildman–Crippen LogP) is 12.5. The van der Waals surface area contributed by atoms with Gasteiger partial charge in [-0.25, -0.2) is 14.7 Å². The van der Waals surface area contributed by atoms with E-state index in [2.05, 4.69) is 165 Å². The number of rotatable bonds is 14. The fourth-order valence-corrected chi connectivity index (χ4v) is 11.1. The molecule has 386 valence electrons. The lowest BCUT2D eigenvalue weighted by Gasteiger charge is -2.37. The molecule has 6 heterocycles. The van der Waals surface area contributed by atoms with Crippen molar-refractivity contribution in [3.05, 3.63) is 281 Å². The Bertz CT molecular complexity index is 3830. The van der Waals surface area contributed by atoms with Gasteiger partial charge in [0.15, 0.2) is 0 Å². The van der Waals surface area contributed by atoms with Crippen LogP contribution < -0.4 is 10.6 Å². The molecule has 11 nitrogen and oxygen atoms in total. The van der Waals surface area contributed by atoms with Gasteiger partial charge >= 0.3 is 0 Å². The maximum atomic E-state index is 13.5. The Labute approximate surface area is 459 Å². The van der Waals surface area contributed by atoms with Crippen LogP contribution in [-0.2, 0) is 34.5 Å². The number of aromatic nitrogens is 4. The Hall–Kier alpha value is -9.74. The number of fused-ring (bicyclic) bond motifs is 4. The monoisotopic (exact) mass is 1030 g/mol. The summed E-state index contributed by atoms with van der Waals surface area (Å²) in [6.45, 7) is 6.03. The Morgan fingerprint density at radius 2 is 0.962 bits per heavy atom. The molecule has 10 aromatic rings. The molecule has 0 fully saturated rings. The molecule has 0 unspecified atom stereocenters. The van der Waals surface area contributed by atoms with Gasteiger partial charge in [-0.15, -0.1) is 0 Å². The molecule has 0 bridgehead atoms. The maximum Gasteiger partial charge on any atom is 0.266 e. The first-order valence-corrected chi connectivity index (χ1v) is 26.9. The van der Waals surface area contributed by atoms with Gasteiger partial charge in [-0.2, -0.15) is 5.10 Å². The van der Waals surface area contributed by atoms with Crippen LogP contribution in [0.5, 0.6) is 0 Å². The zero-order valence-electron chi connectivity index (χ0n) is 44.0. The van der Waals surface area contributed by atoms with Gasteiger partial charge in [0.05, 0.1) is 29.1 Å². The minimum atomic E-state index is -0.811. The molecule has 2 amide bonds. The highest BCUT2D eigenvalue weighted by atomic mass is 16.2. The van der Waals surface area contributed by atoms with Crippen LogP contribution in [0.15, 0.2) is 240 Å². The number of nitrogens with one attached hydrogen (secondary N) is 2. The zero-order valence-corrected chi connectivity index (χ0v) is 44.0. The molecule has 0 spiro atoms. The zero-order chi connectivity index (χ0) is 53.7. The normalized spacial score (nSPS) is 13.9. The molecule has 2 atom stereocenters.